The predicted octanol–water partition coefficient (Wildman–Crippen LogP) is -3.27. The zero-order valence-electron chi connectivity index (χ0n) is 52.2. The van der Waals surface area contributed by atoms with Gasteiger partial charge in [0.15, 0.2) is 11.9 Å². The zero-order valence-corrected chi connectivity index (χ0v) is 52.2. The molecule has 31 nitrogen and oxygen atoms in total. The summed E-state index contributed by atoms with van der Waals surface area (Å²) in [6, 6.07) is 5.44. The van der Waals surface area contributed by atoms with Crippen LogP contribution in [0.15, 0.2) is 70.6 Å². The molecule has 0 heterocycles. The Bertz CT molecular complexity index is 2780. The number of aliphatic carboxylic acids is 2. The van der Waals surface area contributed by atoms with Crippen LogP contribution in [0, 0.1) is 17.8 Å². The van der Waals surface area contributed by atoms with Gasteiger partial charge in [0.05, 0.1) is 19.1 Å². The highest BCUT2D eigenvalue weighted by molar-refractivity contribution is 5.98. The molecular formula is C59H93N17O14. The van der Waals surface area contributed by atoms with E-state index in [1.807, 2.05) is 6.92 Å². The van der Waals surface area contributed by atoms with E-state index in [2.05, 4.69) is 63.2 Å². The summed E-state index contributed by atoms with van der Waals surface area (Å²) in [7, 11) is 0. The van der Waals surface area contributed by atoms with Gasteiger partial charge in [0.2, 0.25) is 59.1 Å². The number of aliphatic imine (C=N–C) groups is 2. The predicted molar refractivity (Wildman–Crippen MR) is 333 cm³/mol. The summed E-state index contributed by atoms with van der Waals surface area (Å²) in [5.41, 5.74) is 29.5. The zero-order chi connectivity index (χ0) is 67.6. The first-order valence-corrected chi connectivity index (χ1v) is 29.8. The van der Waals surface area contributed by atoms with Crippen LogP contribution in [0.5, 0.6) is 0 Å². The first-order valence-electron chi connectivity index (χ1n) is 29.8. The average Bonchev–Trinajstić information content (AvgIpc) is 1.59. The van der Waals surface area contributed by atoms with Crippen LogP contribution in [0.4, 0.5) is 0 Å². The minimum absolute atomic E-state index is 0.00449. The molecule has 0 spiro atoms. The standard InChI is InChI=1S/C59H93N17O14/c1-8-34(6)47(60)55(87)75-42(28-36-17-11-9-12-18-36)54(86)69-35(7)49(81)72-40(23-24-46(79)80)53(85)76-48(33(4)5)56(88)68-31-44(77)70-38(21-15-25-65-58(61)62)51(83)73-39(22-16-26-66-59(63)64)52(84)74-41(27-32(2)3)50(82)67-30-45(78)71-43(57(89)90)29-37-19-13-10-14-20-37/h9-14,17-20,32-35,38-43,47-48H,8,15-16,21-31,60H2,1-7H3,(H,67,82)(H,68,88)(H,69,86)(H,70,77)(H,71,78)(H,72,81)(H,73,83)(H,74,84)(H,75,87)(H,76,85)(H,79,80)(H,89,90)(H4,61,62,65)(H4,63,64,66)/t34-,35-,38-,39-,40-,41-,42-,43-,47-,48-/m0/s1. The van der Waals surface area contributed by atoms with E-state index in [9.17, 15) is 67.7 Å². The van der Waals surface area contributed by atoms with Gasteiger partial charge in [0, 0.05) is 32.4 Å². The fraction of sp³-hybridized carbons (Fsp3) is 0.559. The second kappa shape index (κ2) is 40.2. The molecule has 0 saturated carbocycles. The van der Waals surface area contributed by atoms with Gasteiger partial charge in [0.1, 0.15) is 48.3 Å². The fourth-order valence-electron chi connectivity index (χ4n) is 8.74. The molecule has 0 aromatic heterocycles. The van der Waals surface area contributed by atoms with Gasteiger partial charge < -0.3 is 92.0 Å². The maximum atomic E-state index is 14.2. The number of amides is 10. The van der Waals surface area contributed by atoms with E-state index in [4.69, 9.17) is 28.7 Å². The molecule has 90 heavy (non-hydrogen) atoms. The molecule has 498 valence electrons. The SMILES string of the molecule is CC[C@H](C)[C@H](N)C(=O)N[C@@H](Cc1ccccc1)C(=O)N[C@@H](C)C(=O)N[C@@H](CCC(=O)O)C(=O)N[C@H](C(=O)NCC(=O)N[C@@H](CCCN=C(N)N)C(=O)N[C@@H](CCCN=C(N)N)C(=O)N[C@@H](CC(C)C)C(=O)NCC(=O)N[C@@H](Cc1ccccc1)C(=O)O)C(C)C. The number of carbonyl (C=O) groups is 12. The van der Waals surface area contributed by atoms with Crippen molar-refractivity contribution in [2.45, 2.75) is 167 Å². The smallest absolute Gasteiger partial charge is 0.326 e. The summed E-state index contributed by atoms with van der Waals surface area (Å²) in [6.07, 6.45) is -0.480. The van der Waals surface area contributed by atoms with E-state index in [0.29, 0.717) is 17.5 Å². The molecular weight excluding hydrogens is 1170 g/mol. The van der Waals surface area contributed by atoms with Gasteiger partial charge in [-0.05, 0) is 74.3 Å². The molecule has 0 saturated heterocycles. The van der Waals surface area contributed by atoms with Crippen molar-refractivity contribution >= 4 is 82.9 Å². The second-order valence-electron chi connectivity index (χ2n) is 22.5. The Hall–Kier alpha value is -9.42. The molecule has 31 heteroatoms. The first-order chi connectivity index (χ1) is 42.4. The minimum Gasteiger partial charge on any atom is -0.481 e. The van der Waals surface area contributed by atoms with Gasteiger partial charge in [-0.15, -0.1) is 0 Å². The number of carboxylic acid groups (broad SMARTS) is 2. The number of guanidine groups is 2. The van der Waals surface area contributed by atoms with Crippen molar-refractivity contribution < 1.29 is 67.7 Å². The van der Waals surface area contributed by atoms with Crippen molar-refractivity contribution in [3.05, 3.63) is 71.8 Å². The number of nitrogens with two attached hydrogens (primary N) is 5. The fourth-order valence-corrected chi connectivity index (χ4v) is 8.74. The lowest BCUT2D eigenvalue weighted by atomic mass is 9.98. The lowest BCUT2D eigenvalue weighted by Crippen LogP contribution is -2.59. The summed E-state index contributed by atoms with van der Waals surface area (Å²) in [4.78, 5) is 168. The lowest BCUT2D eigenvalue weighted by molar-refractivity contribution is -0.141. The van der Waals surface area contributed by atoms with Gasteiger partial charge in [-0.25, -0.2) is 4.79 Å². The summed E-state index contributed by atoms with van der Waals surface area (Å²) in [5, 5.41) is 44.5. The van der Waals surface area contributed by atoms with Crippen LogP contribution in [0.1, 0.15) is 111 Å². The van der Waals surface area contributed by atoms with Crippen molar-refractivity contribution in [1.29, 1.82) is 0 Å². The van der Waals surface area contributed by atoms with Gasteiger partial charge >= 0.3 is 11.9 Å². The van der Waals surface area contributed by atoms with Crippen molar-refractivity contribution in [2.24, 2.45) is 56.4 Å². The van der Waals surface area contributed by atoms with E-state index in [-0.39, 0.29) is 81.8 Å². The van der Waals surface area contributed by atoms with Gasteiger partial charge in [-0.2, -0.15) is 0 Å². The molecule has 0 fully saturated rings. The van der Waals surface area contributed by atoms with Gasteiger partial charge in [0.25, 0.3) is 0 Å². The normalized spacial score (nSPS) is 14.3. The van der Waals surface area contributed by atoms with Crippen LogP contribution in [0.2, 0.25) is 0 Å². The maximum absolute atomic E-state index is 14.2. The summed E-state index contributed by atoms with van der Waals surface area (Å²) < 4.78 is 0. The molecule has 0 aliphatic carbocycles. The second-order valence-corrected chi connectivity index (χ2v) is 22.5. The highest BCUT2D eigenvalue weighted by Crippen LogP contribution is 2.12. The van der Waals surface area contributed by atoms with Crippen LogP contribution < -0.4 is 81.8 Å². The van der Waals surface area contributed by atoms with Gasteiger partial charge in [-0.1, -0.05) is 109 Å². The number of carbonyl (C=O) groups excluding carboxylic acids is 10. The van der Waals surface area contributed by atoms with Crippen molar-refractivity contribution in [3.63, 3.8) is 0 Å². The van der Waals surface area contributed by atoms with Crippen LogP contribution in [0.25, 0.3) is 0 Å². The Labute approximate surface area is 523 Å². The highest BCUT2D eigenvalue weighted by atomic mass is 16.4. The monoisotopic (exact) mass is 1260 g/mol. The Kier molecular flexibility index (Phi) is 34.2. The quantitative estimate of drug-likeness (QED) is 0.0176. The van der Waals surface area contributed by atoms with E-state index in [0.717, 1.165) is 0 Å². The summed E-state index contributed by atoms with van der Waals surface area (Å²) in [6.45, 7) is 10.2. The topological polar surface area (TPSA) is 520 Å². The molecule has 2 aromatic carbocycles. The molecule has 10 amide bonds. The third-order valence-electron chi connectivity index (χ3n) is 14.0. The average molecular weight is 1260 g/mol. The van der Waals surface area contributed by atoms with Crippen LogP contribution in [-0.2, 0) is 70.4 Å². The molecule has 0 aliphatic rings. The number of hydrogen-bond acceptors (Lipinski definition) is 15. The highest BCUT2D eigenvalue weighted by Gasteiger charge is 2.34. The van der Waals surface area contributed by atoms with Crippen LogP contribution >= 0.6 is 0 Å². The van der Waals surface area contributed by atoms with Crippen molar-refractivity contribution in [1.82, 2.24) is 53.2 Å². The van der Waals surface area contributed by atoms with E-state index in [1.165, 1.54) is 6.92 Å². The number of carboxylic acids is 2. The lowest BCUT2D eigenvalue weighted by Gasteiger charge is -2.27. The largest absolute Gasteiger partial charge is 0.481 e. The molecule has 0 bridgehead atoms. The van der Waals surface area contributed by atoms with Crippen molar-refractivity contribution in [3.8, 4) is 0 Å². The Morgan fingerprint density at radius 1 is 0.478 bits per heavy atom. The van der Waals surface area contributed by atoms with Crippen LogP contribution in [0.3, 0.4) is 0 Å². The number of nitrogens with one attached hydrogen (secondary N) is 10. The molecule has 22 N–H and O–H groups in total. The van der Waals surface area contributed by atoms with E-state index < -0.39 is 157 Å². The van der Waals surface area contributed by atoms with Gasteiger partial charge in [-0.3, -0.25) is 62.7 Å². The minimum atomic E-state index is -1.57. The molecule has 2 aromatic rings. The van der Waals surface area contributed by atoms with E-state index in [1.54, 1.807) is 95.3 Å². The van der Waals surface area contributed by atoms with Crippen molar-refractivity contribution in [2.75, 3.05) is 26.2 Å². The molecule has 0 aliphatic heterocycles. The third kappa shape index (κ3) is 30.0. The van der Waals surface area contributed by atoms with E-state index >= 15 is 0 Å². The maximum Gasteiger partial charge on any atom is 0.326 e. The number of benzene rings is 2. The summed E-state index contributed by atoms with van der Waals surface area (Å²) in [5.74, 6) is -12.7. The molecule has 0 radical (unpaired) electrons. The Morgan fingerprint density at radius 3 is 1.37 bits per heavy atom. The Balaban J connectivity index is 2.30. The molecule has 2 rings (SSSR count). The Morgan fingerprint density at radius 2 is 0.900 bits per heavy atom. The first kappa shape index (κ1) is 76.7. The third-order valence-corrected chi connectivity index (χ3v) is 14.0. The number of hydrogen-bond donors (Lipinski definition) is 17. The van der Waals surface area contributed by atoms with Crippen LogP contribution in [-0.4, -0.2) is 174 Å². The molecule has 10 atom stereocenters. The summed E-state index contributed by atoms with van der Waals surface area (Å²) >= 11 is 0. The number of nitrogens with zero attached hydrogens (tertiary/aromatic N) is 2. The number of rotatable bonds is 41. The molecule has 0 unspecified atom stereocenters.